The second kappa shape index (κ2) is 67.9. The lowest BCUT2D eigenvalue weighted by Gasteiger charge is -2.21. The summed E-state index contributed by atoms with van der Waals surface area (Å²) in [5.74, 6) is -0.569. The first-order chi connectivity index (χ1) is 45.9. The van der Waals surface area contributed by atoms with Crippen molar-refractivity contribution in [1.82, 2.24) is 0 Å². The SMILES string of the molecule is CCCCCCCCCCCCCCCCCCCCCCCCC(=O)O[C@H](COC(=O)CCCCCCCCCCCCCCCC(C)C)COP(=O)(O)OC[C@@H](O)COP(=O)(O)OC[C@@H](COC(=O)CCCCCCC)OC(=O)CCCCCCCCCCC(C)CC. The Morgan fingerprint density at radius 1 is 0.305 bits per heavy atom. The van der Waals surface area contributed by atoms with Crippen molar-refractivity contribution < 1.29 is 80.2 Å². The number of esters is 4. The molecule has 0 aromatic carbocycles. The molecular formula is C76H148O17P2. The number of aliphatic hydroxyl groups excluding tert-OH is 1. The second-order valence-corrected chi connectivity index (χ2v) is 31.0. The molecule has 0 fully saturated rings. The largest absolute Gasteiger partial charge is 0.472 e. The van der Waals surface area contributed by atoms with E-state index in [9.17, 15) is 43.2 Å². The molecule has 0 rings (SSSR count). The van der Waals surface area contributed by atoms with Crippen LogP contribution in [0.3, 0.4) is 0 Å². The van der Waals surface area contributed by atoms with Crippen LogP contribution < -0.4 is 0 Å². The Morgan fingerprint density at radius 3 is 0.800 bits per heavy atom. The normalized spacial score (nSPS) is 14.3. The molecule has 3 unspecified atom stereocenters. The summed E-state index contributed by atoms with van der Waals surface area (Å²) in [6, 6.07) is 0. The third-order valence-electron chi connectivity index (χ3n) is 18.1. The van der Waals surface area contributed by atoms with Gasteiger partial charge in [0.25, 0.3) is 0 Å². The highest BCUT2D eigenvalue weighted by Crippen LogP contribution is 2.45. The van der Waals surface area contributed by atoms with Gasteiger partial charge in [-0.05, 0) is 37.5 Å². The van der Waals surface area contributed by atoms with Crippen LogP contribution in [-0.4, -0.2) is 96.7 Å². The Labute approximate surface area is 581 Å². The molecule has 0 bridgehead atoms. The molecule has 95 heavy (non-hydrogen) atoms. The number of hydrogen-bond donors (Lipinski definition) is 3. The first-order valence-electron chi connectivity index (χ1n) is 39.5. The Kier molecular flexibility index (Phi) is 66.5. The highest BCUT2D eigenvalue weighted by atomic mass is 31.2. The summed E-state index contributed by atoms with van der Waals surface area (Å²) in [5.41, 5.74) is 0. The molecule has 0 aliphatic carbocycles. The zero-order chi connectivity index (χ0) is 70.0. The van der Waals surface area contributed by atoms with Crippen molar-refractivity contribution >= 4 is 39.5 Å². The molecule has 0 aliphatic rings. The van der Waals surface area contributed by atoms with Crippen LogP contribution in [0.1, 0.15) is 395 Å². The fourth-order valence-electron chi connectivity index (χ4n) is 11.6. The van der Waals surface area contributed by atoms with Crippen LogP contribution in [-0.2, 0) is 65.4 Å². The molecule has 6 atom stereocenters. The van der Waals surface area contributed by atoms with E-state index in [1.807, 2.05) is 0 Å². The molecule has 19 heteroatoms. The smallest absolute Gasteiger partial charge is 0.462 e. The quantitative estimate of drug-likeness (QED) is 0.0222. The number of unbranched alkanes of at least 4 members (excludes halogenated alkanes) is 44. The summed E-state index contributed by atoms with van der Waals surface area (Å²) < 4.78 is 68.3. The third-order valence-corrected chi connectivity index (χ3v) is 20.0. The summed E-state index contributed by atoms with van der Waals surface area (Å²) in [6.07, 6.45) is 56.1. The molecule has 0 amide bonds. The van der Waals surface area contributed by atoms with Gasteiger partial charge in [0.15, 0.2) is 12.2 Å². The summed E-state index contributed by atoms with van der Waals surface area (Å²) in [6.45, 7) is 9.51. The van der Waals surface area contributed by atoms with E-state index in [4.69, 9.17) is 37.0 Å². The monoisotopic (exact) mass is 1400 g/mol. The number of rotatable bonds is 75. The topological polar surface area (TPSA) is 237 Å². The molecule has 3 N–H and O–H groups in total. The lowest BCUT2D eigenvalue weighted by atomic mass is 9.99. The first-order valence-corrected chi connectivity index (χ1v) is 42.5. The molecule has 0 aromatic rings. The van der Waals surface area contributed by atoms with Crippen molar-refractivity contribution in [2.45, 2.75) is 413 Å². The van der Waals surface area contributed by atoms with Gasteiger partial charge < -0.3 is 33.8 Å². The molecule has 0 saturated carbocycles. The maximum atomic E-state index is 13.1. The van der Waals surface area contributed by atoms with E-state index in [1.165, 1.54) is 205 Å². The van der Waals surface area contributed by atoms with Crippen molar-refractivity contribution in [2.24, 2.45) is 11.8 Å². The van der Waals surface area contributed by atoms with Crippen molar-refractivity contribution in [2.75, 3.05) is 39.6 Å². The van der Waals surface area contributed by atoms with Crippen LogP contribution >= 0.6 is 15.6 Å². The minimum Gasteiger partial charge on any atom is -0.462 e. The predicted octanol–water partition coefficient (Wildman–Crippen LogP) is 22.3. The molecule has 0 radical (unpaired) electrons. The standard InChI is InChI=1S/C76H148O17P2/c1-7-10-12-14-15-16-17-18-19-20-21-22-23-24-25-26-29-33-36-42-48-54-60-75(80)93-72(65-87-74(79)59-53-47-41-35-32-30-27-28-31-34-39-45-50-56-68(4)5)67-91-95(84,85)89-63-70(77)62-88-94(82,83)90-66-71(64-86-73(78)58-52-44-13-11-8-2)92-76(81)61-55-49-43-38-37-40-46-51-57-69(6)9-3/h68-72,77H,7-67H2,1-6H3,(H,82,83)(H,84,85)/t69?,70-,71+,72+/m0/s1. The van der Waals surface area contributed by atoms with Gasteiger partial charge in [-0.25, -0.2) is 9.13 Å². The van der Waals surface area contributed by atoms with Gasteiger partial charge in [-0.2, -0.15) is 0 Å². The molecule has 0 spiro atoms. The molecule has 17 nitrogen and oxygen atoms in total. The van der Waals surface area contributed by atoms with Crippen LogP contribution in [0, 0.1) is 11.8 Å². The minimum atomic E-state index is -4.96. The van der Waals surface area contributed by atoms with Gasteiger partial charge in [0.1, 0.15) is 19.3 Å². The van der Waals surface area contributed by atoms with Crippen LogP contribution in [0.5, 0.6) is 0 Å². The number of ether oxygens (including phenoxy) is 4. The lowest BCUT2D eigenvalue weighted by Crippen LogP contribution is -2.30. The van der Waals surface area contributed by atoms with Gasteiger partial charge in [0.05, 0.1) is 26.4 Å². The summed E-state index contributed by atoms with van der Waals surface area (Å²) in [7, 11) is -9.90. The van der Waals surface area contributed by atoms with Gasteiger partial charge in [0, 0.05) is 25.7 Å². The maximum Gasteiger partial charge on any atom is 0.472 e. The van der Waals surface area contributed by atoms with Crippen LogP contribution in [0.15, 0.2) is 0 Å². The van der Waals surface area contributed by atoms with E-state index in [0.717, 1.165) is 108 Å². The van der Waals surface area contributed by atoms with Crippen LogP contribution in [0.25, 0.3) is 0 Å². The number of phosphoric ester groups is 2. The number of phosphoric acid groups is 2. The molecule has 0 heterocycles. The van der Waals surface area contributed by atoms with E-state index in [0.29, 0.717) is 25.7 Å². The van der Waals surface area contributed by atoms with E-state index in [-0.39, 0.29) is 25.7 Å². The first kappa shape index (κ1) is 93.1. The number of hydrogen-bond acceptors (Lipinski definition) is 15. The number of carbonyl (C=O) groups excluding carboxylic acids is 4. The van der Waals surface area contributed by atoms with Gasteiger partial charge in [-0.1, -0.05) is 343 Å². The Bertz CT molecular complexity index is 1840. The molecule has 0 aromatic heterocycles. The summed E-state index contributed by atoms with van der Waals surface area (Å²) in [5, 5.41) is 10.6. The average molecular weight is 1400 g/mol. The Hall–Kier alpha value is -1.94. The van der Waals surface area contributed by atoms with E-state index in [2.05, 4.69) is 41.5 Å². The third kappa shape index (κ3) is 69.0. The highest BCUT2D eigenvalue weighted by molar-refractivity contribution is 7.47. The van der Waals surface area contributed by atoms with Gasteiger partial charge >= 0.3 is 39.5 Å². The fourth-order valence-corrected chi connectivity index (χ4v) is 13.2. The van der Waals surface area contributed by atoms with E-state index in [1.54, 1.807) is 0 Å². The van der Waals surface area contributed by atoms with Gasteiger partial charge in [-0.15, -0.1) is 0 Å². The number of aliphatic hydroxyl groups is 1. The molecule has 0 aliphatic heterocycles. The van der Waals surface area contributed by atoms with E-state index >= 15 is 0 Å². The number of carbonyl (C=O) groups is 4. The Morgan fingerprint density at radius 2 is 0.537 bits per heavy atom. The predicted molar refractivity (Wildman–Crippen MR) is 386 cm³/mol. The highest BCUT2D eigenvalue weighted by Gasteiger charge is 2.30. The molecule has 564 valence electrons. The summed E-state index contributed by atoms with van der Waals surface area (Å²) >= 11 is 0. The zero-order valence-corrected chi connectivity index (χ0v) is 63.8. The van der Waals surface area contributed by atoms with Crippen LogP contribution in [0.2, 0.25) is 0 Å². The van der Waals surface area contributed by atoms with Crippen molar-refractivity contribution in [3.05, 3.63) is 0 Å². The zero-order valence-electron chi connectivity index (χ0n) is 62.0. The van der Waals surface area contributed by atoms with Crippen molar-refractivity contribution in [3.8, 4) is 0 Å². The Balaban J connectivity index is 5.12. The lowest BCUT2D eigenvalue weighted by molar-refractivity contribution is -0.161. The fraction of sp³-hybridized carbons (Fsp3) is 0.947. The van der Waals surface area contributed by atoms with Crippen molar-refractivity contribution in [3.63, 3.8) is 0 Å². The van der Waals surface area contributed by atoms with Crippen LogP contribution in [0.4, 0.5) is 0 Å². The van der Waals surface area contributed by atoms with Gasteiger partial charge in [-0.3, -0.25) is 37.3 Å². The molecule has 0 saturated heterocycles. The van der Waals surface area contributed by atoms with E-state index < -0.39 is 97.5 Å². The minimum absolute atomic E-state index is 0.104. The second-order valence-electron chi connectivity index (χ2n) is 28.1. The van der Waals surface area contributed by atoms with Crippen molar-refractivity contribution in [1.29, 1.82) is 0 Å². The maximum absolute atomic E-state index is 13.1. The summed E-state index contributed by atoms with van der Waals surface area (Å²) in [4.78, 5) is 72.5. The molecular weight excluding hydrogens is 1250 g/mol. The van der Waals surface area contributed by atoms with Gasteiger partial charge in [0.2, 0.25) is 0 Å². The average Bonchev–Trinajstić information content (AvgIpc) is 3.71.